The summed E-state index contributed by atoms with van der Waals surface area (Å²) in [6.45, 7) is 2.58. The van der Waals surface area contributed by atoms with Crippen LogP contribution >= 0.6 is 11.6 Å². The van der Waals surface area contributed by atoms with Crippen LogP contribution in [-0.4, -0.2) is 22.5 Å². The first kappa shape index (κ1) is 18.3. The van der Waals surface area contributed by atoms with Gasteiger partial charge >= 0.3 is 0 Å². The topological polar surface area (TPSA) is 52.0 Å². The normalized spacial score (nSPS) is 17.9. The molecule has 5 heteroatoms. The molecule has 1 N–H and O–H groups in total. The van der Waals surface area contributed by atoms with E-state index < -0.39 is 0 Å². The second-order valence-electron chi connectivity index (χ2n) is 7.54. The smallest absolute Gasteiger partial charge is 0.161 e. The lowest BCUT2D eigenvalue weighted by Gasteiger charge is -2.38. The van der Waals surface area contributed by atoms with Crippen LogP contribution in [0.4, 0.5) is 5.82 Å². The van der Waals surface area contributed by atoms with E-state index in [-0.39, 0.29) is 0 Å². The molecule has 2 aromatic rings. The van der Waals surface area contributed by atoms with Crippen LogP contribution in [0.25, 0.3) is 0 Å². The number of aromatic nitrogens is 1. The van der Waals surface area contributed by atoms with Crippen molar-refractivity contribution in [1.82, 2.24) is 9.88 Å². The molecule has 0 spiro atoms. The maximum atomic E-state index is 9.45. The monoisotopic (exact) mass is 380 g/mol. The number of hydrogen-bond donors (Lipinski definition) is 1. The number of fused-ring (bicyclic) bond motifs is 1. The number of pyridine rings is 1. The summed E-state index contributed by atoms with van der Waals surface area (Å²) < 4.78 is 0. The summed E-state index contributed by atoms with van der Waals surface area (Å²) in [6, 6.07) is 13.1. The van der Waals surface area contributed by atoms with E-state index in [2.05, 4.69) is 33.4 Å². The molecule has 2 heterocycles. The summed E-state index contributed by atoms with van der Waals surface area (Å²) in [7, 11) is 0. The van der Waals surface area contributed by atoms with Gasteiger partial charge < -0.3 is 5.32 Å². The summed E-state index contributed by atoms with van der Waals surface area (Å²) in [4.78, 5) is 7.16. The minimum atomic E-state index is 0.331. The molecule has 0 unspecified atom stereocenters. The molecular weight excluding hydrogens is 356 g/mol. The average Bonchev–Trinajstić information content (AvgIpc) is 2.74. The second-order valence-corrected chi connectivity index (χ2v) is 7.92. The molecule has 0 amide bonds. The quantitative estimate of drug-likeness (QED) is 0.818. The van der Waals surface area contributed by atoms with Crippen LogP contribution in [0.15, 0.2) is 30.3 Å². The van der Waals surface area contributed by atoms with Crippen LogP contribution in [0.5, 0.6) is 0 Å². The van der Waals surface area contributed by atoms with Crippen molar-refractivity contribution in [1.29, 1.82) is 5.26 Å². The van der Waals surface area contributed by atoms with Gasteiger partial charge in [0.2, 0.25) is 0 Å². The predicted octanol–water partition coefficient (Wildman–Crippen LogP) is 4.91. The van der Waals surface area contributed by atoms with Gasteiger partial charge in [-0.05, 0) is 30.4 Å². The van der Waals surface area contributed by atoms with Gasteiger partial charge in [-0.2, -0.15) is 5.26 Å². The molecule has 4 rings (SSSR count). The number of nitrogens with one attached hydrogen (secondary N) is 1. The molecule has 1 aromatic heterocycles. The first-order chi connectivity index (χ1) is 13.3. The Morgan fingerprint density at radius 3 is 2.67 bits per heavy atom. The van der Waals surface area contributed by atoms with Gasteiger partial charge in [0.15, 0.2) is 5.69 Å². The van der Waals surface area contributed by atoms with Gasteiger partial charge in [-0.3, -0.25) is 4.90 Å². The molecule has 1 aromatic carbocycles. The summed E-state index contributed by atoms with van der Waals surface area (Å²) in [5, 5.41) is 13.5. The van der Waals surface area contributed by atoms with E-state index in [1.807, 2.05) is 18.2 Å². The Morgan fingerprint density at radius 1 is 1.15 bits per heavy atom. The average molecular weight is 381 g/mol. The van der Waals surface area contributed by atoms with E-state index in [0.29, 0.717) is 23.3 Å². The maximum absolute atomic E-state index is 9.45. The van der Waals surface area contributed by atoms with Crippen LogP contribution in [0.2, 0.25) is 5.02 Å². The number of nitrogens with zero attached hydrogens (tertiary/aromatic N) is 3. The highest BCUT2D eigenvalue weighted by Crippen LogP contribution is 2.35. The Balaban J connectivity index is 1.61. The number of anilines is 1. The molecule has 140 valence electrons. The summed E-state index contributed by atoms with van der Waals surface area (Å²) in [6.07, 6.45) is 7.50. The van der Waals surface area contributed by atoms with Crippen LogP contribution in [0.1, 0.15) is 54.5 Å². The molecule has 0 saturated heterocycles. The fourth-order valence-electron chi connectivity index (χ4n) is 4.37. The maximum Gasteiger partial charge on any atom is 0.161 e. The van der Waals surface area contributed by atoms with Gasteiger partial charge in [0.05, 0.1) is 5.02 Å². The number of benzene rings is 1. The van der Waals surface area contributed by atoms with Gasteiger partial charge in [-0.25, -0.2) is 4.98 Å². The number of hydrogen-bond acceptors (Lipinski definition) is 4. The molecule has 1 aliphatic heterocycles. The molecule has 0 bridgehead atoms. The van der Waals surface area contributed by atoms with Gasteiger partial charge in [0.1, 0.15) is 11.9 Å². The summed E-state index contributed by atoms with van der Waals surface area (Å²) in [5.74, 6) is 0.815. The number of halogens is 1. The number of nitriles is 1. The van der Waals surface area contributed by atoms with Crippen molar-refractivity contribution in [3.8, 4) is 6.07 Å². The molecule has 2 aliphatic rings. The zero-order valence-corrected chi connectivity index (χ0v) is 16.3. The Bertz CT molecular complexity index is 838. The minimum Gasteiger partial charge on any atom is -0.366 e. The zero-order valence-electron chi connectivity index (χ0n) is 15.5. The van der Waals surface area contributed by atoms with E-state index in [9.17, 15) is 5.26 Å². The van der Waals surface area contributed by atoms with Crippen molar-refractivity contribution < 1.29 is 0 Å². The summed E-state index contributed by atoms with van der Waals surface area (Å²) >= 11 is 6.52. The third kappa shape index (κ3) is 3.95. The molecule has 1 saturated carbocycles. The second kappa shape index (κ2) is 8.29. The molecule has 1 fully saturated rings. The Kier molecular flexibility index (Phi) is 5.61. The van der Waals surface area contributed by atoms with Crippen molar-refractivity contribution in [3.05, 3.63) is 57.7 Å². The summed E-state index contributed by atoms with van der Waals surface area (Å²) in [5.41, 5.74) is 3.80. The van der Waals surface area contributed by atoms with Crippen molar-refractivity contribution in [2.75, 3.05) is 11.9 Å². The van der Waals surface area contributed by atoms with Gasteiger partial charge in [-0.15, -0.1) is 0 Å². The van der Waals surface area contributed by atoms with Crippen LogP contribution in [0, 0.1) is 11.3 Å². The molecule has 0 radical (unpaired) electrons. The first-order valence-electron chi connectivity index (χ1n) is 9.89. The Labute approximate surface area is 166 Å². The predicted molar refractivity (Wildman–Crippen MR) is 109 cm³/mol. The third-order valence-electron chi connectivity index (χ3n) is 5.86. The molecular formula is C22H25ClN4. The number of rotatable bonds is 4. The molecule has 1 aliphatic carbocycles. The van der Waals surface area contributed by atoms with Gasteiger partial charge in [-0.1, -0.05) is 61.2 Å². The third-order valence-corrected chi connectivity index (χ3v) is 6.26. The van der Waals surface area contributed by atoms with Crippen LogP contribution in [-0.2, 0) is 19.5 Å². The van der Waals surface area contributed by atoms with Gasteiger partial charge in [0.25, 0.3) is 0 Å². The highest BCUT2D eigenvalue weighted by molar-refractivity contribution is 6.32. The van der Waals surface area contributed by atoms with Gasteiger partial charge in [0, 0.05) is 31.2 Å². The molecule has 27 heavy (non-hydrogen) atoms. The lowest BCUT2D eigenvalue weighted by Crippen LogP contribution is -2.40. The highest BCUT2D eigenvalue weighted by atomic mass is 35.5. The minimum absolute atomic E-state index is 0.331. The van der Waals surface area contributed by atoms with E-state index in [1.54, 1.807) is 0 Å². The van der Waals surface area contributed by atoms with E-state index in [4.69, 9.17) is 11.6 Å². The van der Waals surface area contributed by atoms with Crippen molar-refractivity contribution in [3.63, 3.8) is 0 Å². The lowest BCUT2D eigenvalue weighted by molar-refractivity contribution is 0.141. The van der Waals surface area contributed by atoms with Crippen molar-refractivity contribution >= 4 is 17.4 Å². The SMILES string of the molecule is N#Cc1nc(NCc2ccccc2)c2c(c1Cl)CCN(C1CCCCC1)C2. The highest BCUT2D eigenvalue weighted by Gasteiger charge is 2.29. The van der Waals surface area contributed by atoms with E-state index in [1.165, 1.54) is 43.2 Å². The fourth-order valence-corrected chi connectivity index (χ4v) is 4.67. The molecule has 4 nitrogen and oxygen atoms in total. The lowest BCUT2D eigenvalue weighted by atomic mass is 9.91. The Morgan fingerprint density at radius 2 is 1.93 bits per heavy atom. The fraction of sp³-hybridized carbons (Fsp3) is 0.455. The van der Waals surface area contributed by atoms with Crippen molar-refractivity contribution in [2.45, 2.75) is 57.7 Å². The standard InChI is InChI=1S/C22H25ClN4/c23-21-18-11-12-27(17-9-5-2-6-10-17)15-19(18)22(26-20(21)13-24)25-14-16-7-3-1-4-8-16/h1,3-4,7-8,17H,2,5-6,9-12,14-15H2,(H,25,26). The van der Waals surface area contributed by atoms with E-state index in [0.717, 1.165) is 30.9 Å². The largest absolute Gasteiger partial charge is 0.366 e. The van der Waals surface area contributed by atoms with Crippen LogP contribution < -0.4 is 5.32 Å². The zero-order chi connectivity index (χ0) is 18.6. The van der Waals surface area contributed by atoms with Crippen LogP contribution in [0.3, 0.4) is 0 Å². The molecule has 0 atom stereocenters. The first-order valence-corrected chi connectivity index (χ1v) is 10.3. The van der Waals surface area contributed by atoms with Crippen molar-refractivity contribution in [2.24, 2.45) is 0 Å². The van der Waals surface area contributed by atoms with E-state index >= 15 is 0 Å². The Hall–Kier alpha value is -2.09.